The lowest BCUT2D eigenvalue weighted by atomic mass is 9.71. The van der Waals surface area contributed by atoms with E-state index in [0.717, 1.165) is 12.3 Å². The predicted octanol–water partition coefficient (Wildman–Crippen LogP) is 7.46. The standard InChI is InChI=1S/C31H42N2S/c1-6-25-11-14-30-29(21-25)31(24(4)33(30)27-19-22(2)20-27)15-17-32(18-16-31)23(3)7-8-26-9-12-28(34-5)13-10-26/h9-14,21-23,27H,4,6-8,15-20H2,1-3,5H3. The monoisotopic (exact) mass is 474 g/mol. The third-order valence-corrected chi connectivity index (χ3v) is 9.83. The van der Waals surface area contributed by atoms with Crippen molar-refractivity contribution in [3.05, 3.63) is 71.4 Å². The molecule has 34 heavy (non-hydrogen) atoms. The van der Waals surface area contributed by atoms with Crippen LogP contribution in [0.1, 0.15) is 69.6 Å². The van der Waals surface area contributed by atoms with E-state index in [2.05, 4.69) is 79.3 Å². The van der Waals surface area contributed by atoms with Gasteiger partial charge in [-0.05, 0) is 112 Å². The maximum absolute atomic E-state index is 4.78. The highest BCUT2D eigenvalue weighted by Crippen LogP contribution is 2.56. The summed E-state index contributed by atoms with van der Waals surface area (Å²) in [5.41, 5.74) is 7.52. The summed E-state index contributed by atoms with van der Waals surface area (Å²) in [6.45, 7) is 14.2. The first-order valence-corrected chi connectivity index (χ1v) is 14.7. The Labute approximate surface area is 211 Å². The summed E-state index contributed by atoms with van der Waals surface area (Å²) in [4.78, 5) is 6.75. The van der Waals surface area contributed by atoms with E-state index in [4.69, 9.17) is 6.58 Å². The lowest BCUT2D eigenvalue weighted by Crippen LogP contribution is -2.49. The molecule has 2 aromatic carbocycles. The quantitative estimate of drug-likeness (QED) is 0.385. The number of allylic oxidation sites excluding steroid dienone is 1. The Hall–Kier alpha value is -1.71. The maximum Gasteiger partial charge on any atom is 0.0453 e. The lowest BCUT2D eigenvalue weighted by molar-refractivity contribution is 0.131. The molecular formula is C31H42N2S. The summed E-state index contributed by atoms with van der Waals surface area (Å²) >= 11 is 1.82. The first kappa shape index (κ1) is 24.0. The topological polar surface area (TPSA) is 6.48 Å². The third-order valence-electron chi connectivity index (χ3n) is 9.09. The molecule has 5 rings (SSSR count). The van der Waals surface area contributed by atoms with Gasteiger partial charge in [-0.15, -0.1) is 11.8 Å². The van der Waals surface area contributed by atoms with E-state index < -0.39 is 0 Å². The Balaban J connectivity index is 1.28. The molecule has 0 N–H and O–H groups in total. The molecule has 2 aromatic rings. The van der Waals surface area contributed by atoms with E-state index in [-0.39, 0.29) is 5.41 Å². The lowest BCUT2D eigenvalue weighted by Gasteiger charge is -2.46. The van der Waals surface area contributed by atoms with Gasteiger partial charge < -0.3 is 9.80 Å². The van der Waals surface area contributed by atoms with Crippen LogP contribution in [0.15, 0.2) is 59.6 Å². The molecule has 0 bridgehead atoms. The maximum atomic E-state index is 4.78. The van der Waals surface area contributed by atoms with Crippen molar-refractivity contribution in [2.75, 3.05) is 24.2 Å². The number of nitrogens with zero attached hydrogens (tertiary/aromatic N) is 2. The van der Waals surface area contributed by atoms with Gasteiger partial charge in [-0.1, -0.05) is 44.7 Å². The molecule has 2 aliphatic heterocycles. The third kappa shape index (κ3) is 4.24. The van der Waals surface area contributed by atoms with E-state index >= 15 is 0 Å². The normalized spacial score (nSPS) is 24.8. The number of rotatable bonds is 7. The Kier molecular flexibility index (Phi) is 6.88. The fourth-order valence-corrected chi connectivity index (χ4v) is 7.08. The minimum absolute atomic E-state index is 0.142. The van der Waals surface area contributed by atoms with Gasteiger partial charge in [-0.25, -0.2) is 0 Å². The average Bonchev–Trinajstić information content (AvgIpc) is 3.08. The van der Waals surface area contributed by atoms with Gasteiger partial charge in [0.1, 0.15) is 0 Å². The Morgan fingerprint density at radius 1 is 1.06 bits per heavy atom. The molecule has 0 amide bonds. The zero-order valence-corrected chi connectivity index (χ0v) is 22.5. The minimum Gasteiger partial charge on any atom is -0.341 e. The fourth-order valence-electron chi connectivity index (χ4n) is 6.67. The van der Waals surface area contributed by atoms with Gasteiger partial charge in [0.15, 0.2) is 0 Å². The number of likely N-dealkylation sites (tertiary alicyclic amines) is 1. The van der Waals surface area contributed by atoms with Crippen LogP contribution < -0.4 is 4.90 Å². The zero-order valence-electron chi connectivity index (χ0n) is 21.6. The van der Waals surface area contributed by atoms with Gasteiger partial charge in [-0.2, -0.15) is 0 Å². The predicted molar refractivity (Wildman–Crippen MR) is 148 cm³/mol. The molecule has 2 fully saturated rings. The van der Waals surface area contributed by atoms with Crippen LogP contribution in [0.5, 0.6) is 0 Å². The molecule has 2 heterocycles. The van der Waals surface area contributed by atoms with Crippen molar-refractivity contribution in [2.24, 2.45) is 5.92 Å². The molecule has 1 atom stereocenters. The van der Waals surface area contributed by atoms with E-state index in [1.165, 1.54) is 79.0 Å². The minimum atomic E-state index is 0.142. The first-order chi connectivity index (χ1) is 16.4. The molecule has 2 nitrogen and oxygen atoms in total. The van der Waals surface area contributed by atoms with Crippen molar-refractivity contribution in [1.29, 1.82) is 0 Å². The summed E-state index contributed by atoms with van der Waals surface area (Å²) in [7, 11) is 0. The summed E-state index contributed by atoms with van der Waals surface area (Å²) < 4.78 is 0. The van der Waals surface area contributed by atoms with Crippen LogP contribution in [0.3, 0.4) is 0 Å². The Bertz CT molecular complexity index is 1010. The largest absolute Gasteiger partial charge is 0.341 e. The SMILES string of the molecule is C=C1N(C2CC(C)C2)c2ccc(CC)cc2C12CCN(C(C)CCc1ccc(SC)cc1)CC2. The number of fused-ring (bicyclic) bond motifs is 2. The van der Waals surface area contributed by atoms with Crippen molar-refractivity contribution in [2.45, 2.75) is 88.1 Å². The van der Waals surface area contributed by atoms with Gasteiger partial charge in [0, 0.05) is 33.8 Å². The molecule has 1 spiro atoms. The van der Waals surface area contributed by atoms with Crippen molar-refractivity contribution in [1.82, 2.24) is 4.90 Å². The molecule has 3 aliphatic rings. The van der Waals surface area contributed by atoms with Gasteiger partial charge in [0.2, 0.25) is 0 Å². The highest BCUT2D eigenvalue weighted by Gasteiger charge is 2.51. The highest BCUT2D eigenvalue weighted by atomic mass is 32.2. The van der Waals surface area contributed by atoms with Gasteiger partial charge in [-0.3, -0.25) is 0 Å². The molecular weight excluding hydrogens is 432 g/mol. The highest BCUT2D eigenvalue weighted by molar-refractivity contribution is 7.98. The summed E-state index contributed by atoms with van der Waals surface area (Å²) in [5, 5.41) is 0. The fraction of sp³-hybridized carbons (Fsp3) is 0.548. The molecule has 182 valence electrons. The molecule has 1 saturated heterocycles. The van der Waals surface area contributed by atoms with E-state index in [9.17, 15) is 0 Å². The molecule has 0 radical (unpaired) electrons. The van der Waals surface area contributed by atoms with Crippen molar-refractivity contribution >= 4 is 17.4 Å². The Morgan fingerprint density at radius 2 is 1.74 bits per heavy atom. The van der Waals surface area contributed by atoms with Crippen LogP contribution >= 0.6 is 11.8 Å². The number of piperidine rings is 1. The molecule has 3 heteroatoms. The summed E-state index contributed by atoms with van der Waals surface area (Å²) in [5.74, 6) is 0.854. The van der Waals surface area contributed by atoms with Crippen LogP contribution in [-0.2, 0) is 18.3 Å². The summed E-state index contributed by atoms with van der Waals surface area (Å²) in [6, 6.07) is 17.7. The number of hydrogen-bond acceptors (Lipinski definition) is 3. The van der Waals surface area contributed by atoms with Crippen LogP contribution in [0, 0.1) is 5.92 Å². The number of aryl methyl sites for hydroxylation is 2. The number of benzene rings is 2. The van der Waals surface area contributed by atoms with Crippen LogP contribution in [0.2, 0.25) is 0 Å². The molecule has 1 saturated carbocycles. The molecule has 1 aliphatic carbocycles. The van der Waals surface area contributed by atoms with E-state index in [1.54, 1.807) is 5.56 Å². The van der Waals surface area contributed by atoms with Crippen LogP contribution in [0.4, 0.5) is 5.69 Å². The second-order valence-corrected chi connectivity index (χ2v) is 12.0. The smallest absolute Gasteiger partial charge is 0.0453 e. The number of hydrogen-bond donors (Lipinski definition) is 0. The average molecular weight is 475 g/mol. The van der Waals surface area contributed by atoms with Gasteiger partial charge in [0.25, 0.3) is 0 Å². The zero-order chi connectivity index (χ0) is 23.9. The number of thioether (sulfide) groups is 1. The first-order valence-electron chi connectivity index (χ1n) is 13.4. The van der Waals surface area contributed by atoms with Crippen LogP contribution in [0.25, 0.3) is 0 Å². The second-order valence-electron chi connectivity index (χ2n) is 11.1. The van der Waals surface area contributed by atoms with Gasteiger partial charge >= 0.3 is 0 Å². The van der Waals surface area contributed by atoms with E-state index in [1.807, 2.05) is 11.8 Å². The molecule has 1 unspecified atom stereocenters. The Morgan fingerprint density at radius 3 is 2.35 bits per heavy atom. The number of anilines is 1. The summed E-state index contributed by atoms with van der Waals surface area (Å²) in [6.07, 6.45) is 10.7. The van der Waals surface area contributed by atoms with Gasteiger partial charge in [0.05, 0.1) is 0 Å². The van der Waals surface area contributed by atoms with Crippen molar-refractivity contribution in [3.8, 4) is 0 Å². The van der Waals surface area contributed by atoms with Crippen molar-refractivity contribution in [3.63, 3.8) is 0 Å². The van der Waals surface area contributed by atoms with Crippen LogP contribution in [-0.4, -0.2) is 36.3 Å². The van der Waals surface area contributed by atoms with E-state index in [0.29, 0.717) is 12.1 Å². The second kappa shape index (κ2) is 9.74. The van der Waals surface area contributed by atoms with Crippen molar-refractivity contribution < 1.29 is 0 Å². The molecule has 0 aromatic heterocycles.